The third kappa shape index (κ3) is 5.54. The third-order valence-corrected chi connectivity index (χ3v) is 9.16. The fourth-order valence-corrected chi connectivity index (χ4v) is 7.04. The maximum Gasteiger partial charge on any atom is 0.117 e. The van der Waals surface area contributed by atoms with Crippen LogP contribution in [0.4, 0.5) is 0 Å². The minimum absolute atomic E-state index is 0.0677. The van der Waals surface area contributed by atoms with Crippen molar-refractivity contribution in [2.45, 2.75) is 0 Å². The smallest absolute Gasteiger partial charge is 0.117 e. The number of hydrogen-bond donors (Lipinski definition) is 5. The number of fused-ring (bicyclic) bond motifs is 8. The van der Waals surface area contributed by atoms with Crippen molar-refractivity contribution in [3.63, 3.8) is 0 Å². The second kappa shape index (κ2) is 12.2. The fraction of sp³-hybridized carbons (Fsp3) is 0. The lowest BCUT2D eigenvalue weighted by atomic mass is 9.93. The van der Waals surface area contributed by atoms with Crippen LogP contribution in [0, 0.1) is 0 Å². The summed E-state index contributed by atoms with van der Waals surface area (Å²) in [7, 11) is 0. The average molecular weight is 679 g/mol. The monoisotopic (exact) mass is 678 g/mol. The molecule has 5 N–H and O–H groups in total. The number of nitrogens with zero attached hydrogens (tertiary/aromatic N) is 3. The van der Waals surface area contributed by atoms with E-state index >= 15 is 0 Å². The minimum atomic E-state index is 0.0677. The summed E-state index contributed by atoms with van der Waals surface area (Å²) < 4.78 is 2.05. The largest absolute Gasteiger partial charge is 0.508 e. The number of nitrogens with one attached hydrogen (secondary N) is 1. The maximum absolute atomic E-state index is 10.9. The van der Waals surface area contributed by atoms with Gasteiger partial charge in [0.1, 0.15) is 23.0 Å². The van der Waals surface area contributed by atoms with Crippen molar-refractivity contribution in [1.29, 1.82) is 0 Å². The van der Waals surface area contributed by atoms with E-state index < -0.39 is 0 Å². The summed E-state index contributed by atoms with van der Waals surface area (Å²) in [5.74, 6) is 0.301. The Balaban J connectivity index is 1.63. The molecule has 7 aromatic rings. The van der Waals surface area contributed by atoms with Gasteiger partial charge in [-0.2, -0.15) is 0 Å². The Morgan fingerprint density at radius 2 is 0.942 bits per heavy atom. The summed E-state index contributed by atoms with van der Waals surface area (Å²) in [6, 6.07) is 38.1. The van der Waals surface area contributed by atoms with E-state index in [9.17, 15) is 20.4 Å². The summed E-state index contributed by atoms with van der Waals surface area (Å²) in [4.78, 5) is 13.6. The van der Waals surface area contributed by atoms with Gasteiger partial charge in [0, 0.05) is 39.5 Å². The van der Waals surface area contributed by atoms with Gasteiger partial charge in [-0.05, 0) is 120 Å². The number of H-pyrrole nitrogens is 1. The Labute approximate surface area is 297 Å². The molecule has 0 spiro atoms. The van der Waals surface area contributed by atoms with Gasteiger partial charge in [-0.1, -0.05) is 42.5 Å². The number of aromatic amines is 1. The molecule has 0 saturated heterocycles. The van der Waals surface area contributed by atoms with Gasteiger partial charge in [0.2, 0.25) is 0 Å². The first kappa shape index (κ1) is 30.7. The summed E-state index contributed by atoms with van der Waals surface area (Å²) >= 11 is 0. The number of rotatable bonds is 4. The van der Waals surface area contributed by atoms with Crippen LogP contribution >= 0.6 is 0 Å². The molecule has 2 aliphatic heterocycles. The van der Waals surface area contributed by atoms with Crippen LogP contribution in [0.25, 0.3) is 85.4 Å². The van der Waals surface area contributed by atoms with Crippen LogP contribution in [0.3, 0.4) is 0 Å². The molecule has 0 unspecified atom stereocenters. The number of phenols is 4. The van der Waals surface area contributed by atoms with Gasteiger partial charge in [0.15, 0.2) is 0 Å². The molecule has 52 heavy (non-hydrogen) atoms. The quantitative estimate of drug-likeness (QED) is 0.126. The lowest BCUT2D eigenvalue weighted by molar-refractivity contribution is 0.474. The van der Waals surface area contributed by atoms with E-state index in [1.165, 1.54) is 0 Å². The molecular formula is C44H30N4O4. The van der Waals surface area contributed by atoms with Crippen molar-refractivity contribution >= 4 is 46.4 Å². The number of aromatic nitrogens is 4. The predicted octanol–water partition coefficient (Wildman–Crippen LogP) is 9.94. The standard InChI is InChI=1S/C44H30N4O4/c49-35-9-1-5-26(19-35)41-39-18-17-32(47-39)23-31-14-13-29(45-31)22-30-15-16-33(46-30)24-40-42(27-6-2-10-36(50)20-27)43(28-7-3-11-37(51)21-28)44(41)48(40)34-8-4-12-38(52)25-34/h1-25,45,49-52H. The highest BCUT2D eigenvalue weighted by Gasteiger charge is 2.26. The van der Waals surface area contributed by atoms with Crippen LogP contribution in [-0.2, 0) is 0 Å². The Kier molecular flexibility index (Phi) is 7.22. The highest BCUT2D eigenvalue weighted by Crippen LogP contribution is 2.48. The number of benzene rings is 4. The van der Waals surface area contributed by atoms with Gasteiger partial charge in [-0.15, -0.1) is 0 Å². The number of hydrogen-bond acceptors (Lipinski definition) is 6. The molecule has 9 rings (SSSR count). The van der Waals surface area contributed by atoms with Crippen molar-refractivity contribution in [3.05, 3.63) is 150 Å². The zero-order chi connectivity index (χ0) is 35.3. The van der Waals surface area contributed by atoms with Crippen LogP contribution in [-0.4, -0.2) is 39.9 Å². The van der Waals surface area contributed by atoms with Crippen molar-refractivity contribution in [2.75, 3.05) is 0 Å². The van der Waals surface area contributed by atoms with Crippen LogP contribution in [0.1, 0.15) is 22.8 Å². The highest BCUT2D eigenvalue weighted by atomic mass is 16.3. The fourth-order valence-electron chi connectivity index (χ4n) is 7.04. The van der Waals surface area contributed by atoms with Crippen LogP contribution in [0.15, 0.2) is 127 Å². The first-order valence-electron chi connectivity index (χ1n) is 16.7. The van der Waals surface area contributed by atoms with Crippen molar-refractivity contribution < 1.29 is 20.4 Å². The highest BCUT2D eigenvalue weighted by molar-refractivity contribution is 6.11. The van der Waals surface area contributed by atoms with E-state index in [-0.39, 0.29) is 23.0 Å². The van der Waals surface area contributed by atoms with Gasteiger partial charge in [-0.3, -0.25) is 0 Å². The normalized spacial score (nSPS) is 12.0. The van der Waals surface area contributed by atoms with Gasteiger partial charge >= 0.3 is 0 Å². The Morgan fingerprint density at radius 1 is 0.442 bits per heavy atom. The summed E-state index contributed by atoms with van der Waals surface area (Å²) in [6.07, 6.45) is 7.80. The summed E-state index contributed by atoms with van der Waals surface area (Å²) in [5.41, 5.74) is 10.8. The molecule has 8 nitrogen and oxygen atoms in total. The van der Waals surface area contributed by atoms with Crippen LogP contribution in [0.2, 0.25) is 0 Å². The van der Waals surface area contributed by atoms with E-state index in [0.29, 0.717) is 50.4 Å². The molecule has 0 aliphatic carbocycles. The van der Waals surface area contributed by atoms with E-state index in [0.717, 1.165) is 33.5 Å². The topological polar surface area (TPSA) is 127 Å². The molecule has 0 atom stereocenters. The van der Waals surface area contributed by atoms with Crippen molar-refractivity contribution in [3.8, 4) is 62.1 Å². The van der Waals surface area contributed by atoms with E-state index in [1.54, 1.807) is 72.8 Å². The van der Waals surface area contributed by atoms with Gasteiger partial charge in [0.25, 0.3) is 0 Å². The molecule has 2 aliphatic rings. The van der Waals surface area contributed by atoms with Gasteiger partial charge < -0.3 is 30.0 Å². The molecule has 0 saturated carbocycles. The first-order chi connectivity index (χ1) is 25.4. The lowest BCUT2D eigenvalue weighted by Crippen LogP contribution is -1.97. The molecular weight excluding hydrogens is 649 g/mol. The second-order valence-corrected chi connectivity index (χ2v) is 12.7. The predicted molar refractivity (Wildman–Crippen MR) is 207 cm³/mol. The molecule has 250 valence electrons. The zero-order valence-corrected chi connectivity index (χ0v) is 27.6. The molecule has 0 fully saturated rings. The average Bonchev–Trinajstić information content (AvgIpc) is 3.93. The SMILES string of the molecule is Oc1cccc(-c2c(-c3cccc(O)c3)c3c(-c4cccc(O)c4)c4nc(cc5ccc(cc6nc(cc2n3-c2cccc(O)c2)C=C6)[nH]5)C=C4)c1. The number of phenolic OH excluding ortho intramolecular Hbond substituents is 4. The Hall–Kier alpha value is -7.32. The first-order valence-corrected chi connectivity index (χ1v) is 16.7. The molecule has 0 radical (unpaired) electrons. The maximum atomic E-state index is 10.9. The third-order valence-electron chi connectivity index (χ3n) is 9.16. The van der Waals surface area contributed by atoms with E-state index in [4.69, 9.17) is 9.97 Å². The van der Waals surface area contributed by atoms with Crippen molar-refractivity contribution in [1.82, 2.24) is 19.5 Å². The molecule has 8 bridgehead atoms. The molecule has 8 heteroatoms. The molecule has 5 heterocycles. The number of aromatic hydroxyl groups is 4. The second-order valence-electron chi connectivity index (χ2n) is 12.7. The summed E-state index contributed by atoms with van der Waals surface area (Å²) in [5, 5.41) is 43.6. The summed E-state index contributed by atoms with van der Waals surface area (Å²) in [6.45, 7) is 0. The van der Waals surface area contributed by atoms with Gasteiger partial charge in [-0.25, -0.2) is 9.97 Å². The van der Waals surface area contributed by atoms with Crippen LogP contribution in [0.5, 0.6) is 23.0 Å². The van der Waals surface area contributed by atoms with Crippen molar-refractivity contribution in [2.24, 2.45) is 0 Å². The van der Waals surface area contributed by atoms with Gasteiger partial charge in [0.05, 0.1) is 33.8 Å². The van der Waals surface area contributed by atoms with E-state index in [2.05, 4.69) is 9.55 Å². The Morgan fingerprint density at radius 3 is 1.54 bits per heavy atom. The molecule has 4 aromatic carbocycles. The van der Waals surface area contributed by atoms with E-state index in [1.807, 2.05) is 78.9 Å². The lowest BCUT2D eigenvalue weighted by Gasteiger charge is -2.14. The minimum Gasteiger partial charge on any atom is -0.508 e. The molecule has 3 aromatic heterocycles. The Bertz CT molecular complexity index is 2810. The molecule has 0 amide bonds. The van der Waals surface area contributed by atoms with Crippen LogP contribution < -0.4 is 0 Å². The zero-order valence-electron chi connectivity index (χ0n) is 27.6.